The highest BCUT2D eigenvalue weighted by molar-refractivity contribution is 5.92. The third-order valence-corrected chi connectivity index (χ3v) is 5.21. The van der Waals surface area contributed by atoms with Crippen LogP contribution in [0.1, 0.15) is 47.6 Å². The van der Waals surface area contributed by atoms with Crippen LogP contribution in [0, 0.1) is 12.9 Å². The third kappa shape index (κ3) is 2.33. The first-order valence-electron chi connectivity index (χ1n) is 8.20. The smallest absolute Gasteiger partial charge is 0.290 e. The molecule has 2 aromatic heterocycles. The van der Waals surface area contributed by atoms with Crippen molar-refractivity contribution < 1.29 is 18.7 Å². The fourth-order valence-electron chi connectivity index (χ4n) is 4.19. The van der Waals surface area contributed by atoms with E-state index in [9.17, 15) is 14.3 Å². The van der Waals surface area contributed by atoms with Crippen LogP contribution in [0.5, 0.6) is 0 Å². The summed E-state index contributed by atoms with van der Waals surface area (Å²) >= 11 is 0. The van der Waals surface area contributed by atoms with Gasteiger partial charge in [-0.15, -0.1) is 0 Å². The number of aryl methyl sites for hydroxylation is 1. The largest absolute Gasteiger partial charge is 0.456 e. The van der Waals surface area contributed by atoms with Gasteiger partial charge in [-0.1, -0.05) is 6.07 Å². The van der Waals surface area contributed by atoms with Gasteiger partial charge in [-0.05, 0) is 38.0 Å². The molecule has 0 aromatic carbocycles. The van der Waals surface area contributed by atoms with Gasteiger partial charge in [0.2, 0.25) is 5.95 Å². The minimum atomic E-state index is -1.28. The molecule has 4 heterocycles. The highest BCUT2D eigenvalue weighted by atomic mass is 19.1. The van der Waals surface area contributed by atoms with Crippen LogP contribution in [-0.2, 0) is 5.60 Å². The summed E-state index contributed by atoms with van der Waals surface area (Å²) in [5.41, 5.74) is -1.05. The number of furan rings is 1. The van der Waals surface area contributed by atoms with Crippen LogP contribution < -0.4 is 0 Å². The Bertz CT molecular complexity index is 774. The predicted octanol–water partition coefficient (Wildman–Crippen LogP) is 2.78. The number of nitrogens with zero attached hydrogens (tertiary/aromatic N) is 2. The molecule has 5 nitrogen and oxygen atoms in total. The van der Waals surface area contributed by atoms with Crippen LogP contribution in [0.4, 0.5) is 4.39 Å². The fraction of sp³-hybridized carbons (Fsp3) is 0.444. The number of piperidine rings is 1. The number of rotatable bonds is 2. The molecule has 126 valence electrons. The molecule has 2 aliphatic rings. The quantitative estimate of drug-likeness (QED) is 0.860. The Hall–Kier alpha value is -2.21. The van der Waals surface area contributed by atoms with Crippen LogP contribution in [0.3, 0.4) is 0 Å². The summed E-state index contributed by atoms with van der Waals surface area (Å²) in [7, 11) is 0. The first-order valence-corrected chi connectivity index (χ1v) is 8.20. The molecule has 1 amide bonds. The van der Waals surface area contributed by atoms with E-state index in [1.807, 2.05) is 0 Å². The number of amides is 1. The second-order valence-electron chi connectivity index (χ2n) is 6.79. The molecule has 2 aromatic rings. The third-order valence-electron chi connectivity index (χ3n) is 5.21. The summed E-state index contributed by atoms with van der Waals surface area (Å²) in [6.07, 6.45) is 3.62. The van der Waals surface area contributed by atoms with E-state index in [0.717, 1.165) is 12.8 Å². The van der Waals surface area contributed by atoms with Crippen LogP contribution in [0.15, 0.2) is 34.9 Å². The molecule has 2 fully saturated rings. The Morgan fingerprint density at radius 2 is 2.04 bits per heavy atom. The Morgan fingerprint density at radius 3 is 2.62 bits per heavy atom. The zero-order valence-corrected chi connectivity index (χ0v) is 13.4. The Balaban J connectivity index is 1.62. The molecule has 24 heavy (non-hydrogen) atoms. The van der Waals surface area contributed by atoms with Gasteiger partial charge in [0.25, 0.3) is 5.91 Å². The van der Waals surface area contributed by atoms with Crippen LogP contribution in [0.2, 0.25) is 0 Å². The number of pyridine rings is 1. The van der Waals surface area contributed by atoms with Gasteiger partial charge in [-0.25, -0.2) is 4.98 Å². The van der Waals surface area contributed by atoms with E-state index in [1.165, 1.54) is 6.20 Å². The highest BCUT2D eigenvalue weighted by Crippen LogP contribution is 2.46. The molecule has 0 radical (unpaired) electrons. The van der Waals surface area contributed by atoms with Gasteiger partial charge in [0.05, 0.1) is 5.60 Å². The van der Waals surface area contributed by atoms with Crippen molar-refractivity contribution in [1.29, 1.82) is 0 Å². The number of carbonyl (C=O) groups excluding carboxylic acids is 1. The van der Waals surface area contributed by atoms with Crippen LogP contribution in [-0.4, -0.2) is 33.0 Å². The molecular formula is C18H19FN2O3. The second kappa shape index (κ2) is 5.41. The molecule has 0 saturated carbocycles. The van der Waals surface area contributed by atoms with Gasteiger partial charge in [0.1, 0.15) is 5.76 Å². The lowest BCUT2D eigenvalue weighted by molar-refractivity contribution is -0.0511. The maximum absolute atomic E-state index is 14.1. The van der Waals surface area contributed by atoms with Crippen molar-refractivity contribution in [3.8, 4) is 0 Å². The molecule has 2 bridgehead atoms. The maximum Gasteiger partial charge on any atom is 0.290 e. The summed E-state index contributed by atoms with van der Waals surface area (Å²) in [6, 6.07) is 6.41. The van der Waals surface area contributed by atoms with E-state index in [0.29, 0.717) is 24.4 Å². The molecule has 4 rings (SSSR count). The van der Waals surface area contributed by atoms with E-state index >= 15 is 0 Å². The highest BCUT2D eigenvalue weighted by Gasteiger charge is 2.51. The first-order chi connectivity index (χ1) is 11.5. The first kappa shape index (κ1) is 15.3. The minimum Gasteiger partial charge on any atom is -0.456 e. The Morgan fingerprint density at radius 1 is 1.33 bits per heavy atom. The van der Waals surface area contributed by atoms with E-state index < -0.39 is 11.5 Å². The molecule has 0 aliphatic carbocycles. The number of carbonyl (C=O) groups is 1. The van der Waals surface area contributed by atoms with E-state index in [2.05, 4.69) is 4.98 Å². The normalized spacial score (nSPS) is 29.0. The van der Waals surface area contributed by atoms with Crippen molar-refractivity contribution in [3.63, 3.8) is 0 Å². The van der Waals surface area contributed by atoms with E-state index in [1.54, 1.807) is 36.1 Å². The number of halogens is 1. The number of aromatic nitrogens is 1. The zero-order chi connectivity index (χ0) is 16.9. The maximum atomic E-state index is 14.1. The fourth-order valence-corrected chi connectivity index (χ4v) is 4.19. The van der Waals surface area contributed by atoms with Crippen LogP contribution >= 0.6 is 0 Å². The monoisotopic (exact) mass is 330 g/mol. The summed E-state index contributed by atoms with van der Waals surface area (Å²) < 4.78 is 19.5. The molecule has 2 saturated heterocycles. The van der Waals surface area contributed by atoms with Crippen molar-refractivity contribution in [3.05, 3.63) is 53.5 Å². The van der Waals surface area contributed by atoms with Crippen molar-refractivity contribution in [2.75, 3.05) is 0 Å². The molecule has 2 atom stereocenters. The Labute approximate surface area is 139 Å². The number of hydrogen-bond acceptors (Lipinski definition) is 4. The molecular weight excluding hydrogens is 311 g/mol. The lowest BCUT2D eigenvalue weighted by Gasteiger charge is -2.43. The van der Waals surface area contributed by atoms with Crippen molar-refractivity contribution in [2.24, 2.45) is 0 Å². The summed E-state index contributed by atoms with van der Waals surface area (Å²) in [5, 5.41) is 11.0. The van der Waals surface area contributed by atoms with Gasteiger partial charge < -0.3 is 14.4 Å². The molecule has 6 heteroatoms. The topological polar surface area (TPSA) is 66.6 Å². The summed E-state index contributed by atoms with van der Waals surface area (Å²) in [6.45, 7) is 1.80. The van der Waals surface area contributed by atoms with Crippen LogP contribution in [0.25, 0.3) is 0 Å². The summed E-state index contributed by atoms with van der Waals surface area (Å²) in [4.78, 5) is 18.2. The van der Waals surface area contributed by atoms with Gasteiger partial charge in [-0.3, -0.25) is 4.79 Å². The average Bonchev–Trinajstić information content (AvgIpc) is 3.09. The Kier molecular flexibility index (Phi) is 3.46. The molecule has 2 aliphatic heterocycles. The molecule has 1 N–H and O–H groups in total. The standard InChI is InChI=1S/C18H19FN2O3/c1-11-4-7-15(24-11)17(22)21-12-5-6-13(21)10-18(23,9-12)14-3-2-8-20-16(14)19/h2-4,7-8,12-13,23H,5-6,9-10H2,1H3. The lowest BCUT2D eigenvalue weighted by atomic mass is 9.81. The number of fused-ring (bicyclic) bond motifs is 2. The van der Waals surface area contributed by atoms with E-state index in [-0.39, 0.29) is 23.6 Å². The number of hydrogen-bond donors (Lipinski definition) is 1. The van der Waals surface area contributed by atoms with Gasteiger partial charge in [0.15, 0.2) is 5.76 Å². The van der Waals surface area contributed by atoms with Crippen molar-refractivity contribution in [1.82, 2.24) is 9.88 Å². The molecule has 2 unspecified atom stereocenters. The van der Waals surface area contributed by atoms with Gasteiger partial charge in [-0.2, -0.15) is 4.39 Å². The van der Waals surface area contributed by atoms with Gasteiger partial charge in [0, 0.05) is 36.7 Å². The average molecular weight is 330 g/mol. The predicted molar refractivity (Wildman–Crippen MR) is 83.8 cm³/mol. The lowest BCUT2D eigenvalue weighted by Crippen LogP contribution is -2.52. The SMILES string of the molecule is Cc1ccc(C(=O)N2C3CCC2CC(O)(c2cccnc2F)C3)o1. The van der Waals surface area contributed by atoms with Gasteiger partial charge >= 0.3 is 0 Å². The molecule has 0 spiro atoms. The zero-order valence-electron chi connectivity index (χ0n) is 13.4. The second-order valence-corrected chi connectivity index (χ2v) is 6.79. The summed E-state index contributed by atoms with van der Waals surface area (Å²) in [5.74, 6) is 0.226. The van der Waals surface area contributed by atoms with Crippen molar-refractivity contribution >= 4 is 5.91 Å². The van der Waals surface area contributed by atoms with E-state index in [4.69, 9.17) is 4.42 Å². The minimum absolute atomic E-state index is 0.119. The number of aliphatic hydroxyl groups is 1. The van der Waals surface area contributed by atoms with Crippen molar-refractivity contribution in [2.45, 2.75) is 50.3 Å².